The lowest BCUT2D eigenvalue weighted by Crippen LogP contribution is -2.34. The van der Waals surface area contributed by atoms with Gasteiger partial charge in [-0.25, -0.2) is 9.97 Å². The number of ether oxygens (including phenoxy) is 1. The van der Waals surface area contributed by atoms with Gasteiger partial charge in [-0.2, -0.15) is 5.26 Å². The SMILES string of the molecule is Cc1c(-c2ccc(CNC3CCOCC3)cc2)noc1-c1nc(-c2ccnc(C(C)(C)C#N)c2)cnc1N. The van der Waals surface area contributed by atoms with Gasteiger partial charge in [0, 0.05) is 48.7 Å². The zero-order valence-electron chi connectivity index (χ0n) is 21.9. The van der Waals surface area contributed by atoms with Crippen LogP contribution in [-0.2, 0) is 16.7 Å². The molecule has 5 rings (SSSR count). The lowest BCUT2D eigenvalue weighted by molar-refractivity contribution is 0.0776. The molecule has 4 heterocycles. The molecule has 1 aliphatic heterocycles. The fraction of sp³-hybridized carbons (Fsp3) is 0.345. The number of aromatic nitrogens is 4. The third-order valence-corrected chi connectivity index (χ3v) is 6.96. The minimum atomic E-state index is -0.729. The zero-order chi connectivity index (χ0) is 26.7. The molecule has 1 saturated heterocycles. The summed E-state index contributed by atoms with van der Waals surface area (Å²) in [4.78, 5) is 13.5. The number of nitrogens with zero attached hydrogens (tertiary/aromatic N) is 5. The van der Waals surface area contributed by atoms with E-state index in [0.29, 0.717) is 28.9 Å². The summed E-state index contributed by atoms with van der Waals surface area (Å²) in [7, 11) is 0. The number of nitrogen functional groups attached to an aromatic ring is 1. The Kier molecular flexibility index (Phi) is 7.18. The van der Waals surface area contributed by atoms with Gasteiger partial charge in [-0.3, -0.25) is 4.98 Å². The monoisotopic (exact) mass is 509 g/mol. The number of anilines is 1. The maximum absolute atomic E-state index is 9.50. The van der Waals surface area contributed by atoms with Gasteiger partial charge in [0.25, 0.3) is 0 Å². The van der Waals surface area contributed by atoms with Gasteiger partial charge in [0.05, 0.1) is 29.1 Å². The van der Waals surface area contributed by atoms with E-state index in [9.17, 15) is 5.26 Å². The molecule has 0 saturated carbocycles. The van der Waals surface area contributed by atoms with Crippen LogP contribution in [0.1, 0.15) is 43.5 Å². The number of hydrogen-bond acceptors (Lipinski definition) is 9. The van der Waals surface area contributed by atoms with E-state index in [2.05, 4.69) is 50.8 Å². The van der Waals surface area contributed by atoms with Crippen LogP contribution in [0.2, 0.25) is 0 Å². The second-order valence-electron chi connectivity index (χ2n) is 10.1. The van der Waals surface area contributed by atoms with E-state index in [4.69, 9.17) is 20.0 Å². The number of nitrogens with two attached hydrogens (primary N) is 1. The number of nitrogens with one attached hydrogen (secondary N) is 1. The predicted octanol–water partition coefficient (Wildman–Crippen LogP) is 4.82. The van der Waals surface area contributed by atoms with E-state index >= 15 is 0 Å². The summed E-state index contributed by atoms with van der Waals surface area (Å²) in [5.41, 5.74) is 11.7. The summed E-state index contributed by atoms with van der Waals surface area (Å²) in [6, 6.07) is 14.8. The first-order chi connectivity index (χ1) is 18.4. The van der Waals surface area contributed by atoms with Crippen molar-refractivity contribution in [3.8, 4) is 40.0 Å². The highest BCUT2D eigenvalue weighted by Gasteiger charge is 2.23. The number of rotatable bonds is 7. The van der Waals surface area contributed by atoms with Gasteiger partial charge in [0.2, 0.25) is 0 Å². The van der Waals surface area contributed by atoms with Crippen molar-refractivity contribution in [2.45, 2.75) is 51.6 Å². The lowest BCUT2D eigenvalue weighted by atomic mass is 9.90. The van der Waals surface area contributed by atoms with Crippen LogP contribution in [0.5, 0.6) is 0 Å². The van der Waals surface area contributed by atoms with Crippen molar-refractivity contribution in [1.82, 2.24) is 25.4 Å². The third kappa shape index (κ3) is 5.28. The van der Waals surface area contributed by atoms with Crippen molar-refractivity contribution in [2.24, 2.45) is 0 Å². The Labute approximate surface area is 222 Å². The van der Waals surface area contributed by atoms with E-state index in [1.54, 1.807) is 12.4 Å². The van der Waals surface area contributed by atoms with Crippen molar-refractivity contribution < 1.29 is 9.26 Å². The Morgan fingerprint density at radius 3 is 2.58 bits per heavy atom. The van der Waals surface area contributed by atoms with Gasteiger partial charge >= 0.3 is 0 Å². The molecular formula is C29H31N7O2. The van der Waals surface area contributed by atoms with Crippen LogP contribution >= 0.6 is 0 Å². The average Bonchev–Trinajstić information content (AvgIpc) is 3.34. The second-order valence-corrected chi connectivity index (χ2v) is 10.1. The third-order valence-electron chi connectivity index (χ3n) is 6.96. The largest absolute Gasteiger partial charge is 0.382 e. The molecule has 0 unspecified atom stereocenters. The fourth-order valence-electron chi connectivity index (χ4n) is 4.46. The number of hydrogen-bond donors (Lipinski definition) is 2. The highest BCUT2D eigenvalue weighted by Crippen LogP contribution is 2.34. The minimum Gasteiger partial charge on any atom is -0.382 e. The molecule has 0 spiro atoms. The fourth-order valence-corrected chi connectivity index (χ4v) is 4.46. The summed E-state index contributed by atoms with van der Waals surface area (Å²) in [5, 5.41) is 17.4. The van der Waals surface area contributed by atoms with Crippen LogP contribution in [0.3, 0.4) is 0 Å². The van der Waals surface area contributed by atoms with Crippen LogP contribution in [-0.4, -0.2) is 39.4 Å². The Hall–Kier alpha value is -4.13. The Morgan fingerprint density at radius 1 is 1.08 bits per heavy atom. The molecule has 0 radical (unpaired) electrons. The van der Waals surface area contributed by atoms with Gasteiger partial charge in [0.15, 0.2) is 17.3 Å². The summed E-state index contributed by atoms with van der Waals surface area (Å²) in [6.45, 7) is 8.06. The molecule has 1 aliphatic rings. The van der Waals surface area contributed by atoms with E-state index in [1.165, 1.54) is 5.56 Å². The van der Waals surface area contributed by atoms with Crippen molar-refractivity contribution in [2.75, 3.05) is 18.9 Å². The van der Waals surface area contributed by atoms with Crippen molar-refractivity contribution in [3.05, 3.63) is 65.6 Å². The molecule has 38 heavy (non-hydrogen) atoms. The Morgan fingerprint density at radius 2 is 1.84 bits per heavy atom. The van der Waals surface area contributed by atoms with Gasteiger partial charge in [-0.15, -0.1) is 0 Å². The van der Waals surface area contributed by atoms with E-state index in [-0.39, 0.29) is 5.82 Å². The quantitative estimate of drug-likeness (QED) is 0.359. The minimum absolute atomic E-state index is 0.251. The molecule has 0 aliphatic carbocycles. The van der Waals surface area contributed by atoms with E-state index in [0.717, 1.165) is 55.0 Å². The van der Waals surface area contributed by atoms with Crippen molar-refractivity contribution in [1.29, 1.82) is 5.26 Å². The van der Waals surface area contributed by atoms with Crippen LogP contribution in [0.15, 0.2) is 53.3 Å². The molecule has 9 nitrogen and oxygen atoms in total. The maximum Gasteiger partial charge on any atom is 0.192 e. The van der Waals surface area contributed by atoms with Crippen LogP contribution in [0, 0.1) is 18.3 Å². The standard InChI is InChI=1S/C29H31N7O2/c1-18-25(20-6-4-19(5-7-20)15-33-22-9-12-37-13-10-22)36-38-27(18)26-28(31)34-16-23(35-26)21-8-11-32-24(14-21)29(2,3)17-30/h4-8,11,14,16,22,33H,9-10,12-13,15H2,1-3H3,(H2,31,34). The molecule has 4 aromatic rings. The van der Waals surface area contributed by atoms with Crippen LogP contribution < -0.4 is 11.1 Å². The molecule has 194 valence electrons. The number of benzene rings is 1. The highest BCUT2D eigenvalue weighted by molar-refractivity contribution is 5.76. The summed E-state index contributed by atoms with van der Waals surface area (Å²) in [6.07, 6.45) is 5.37. The normalized spacial score (nSPS) is 14.4. The van der Waals surface area contributed by atoms with Crippen LogP contribution in [0.4, 0.5) is 5.82 Å². The molecule has 3 aromatic heterocycles. The zero-order valence-corrected chi connectivity index (χ0v) is 21.9. The first kappa shape index (κ1) is 25.5. The molecule has 1 fully saturated rings. The second kappa shape index (κ2) is 10.7. The number of pyridine rings is 1. The Balaban J connectivity index is 1.38. The van der Waals surface area contributed by atoms with Gasteiger partial charge in [-0.05, 0) is 51.3 Å². The lowest BCUT2D eigenvalue weighted by Gasteiger charge is -2.23. The molecule has 0 bridgehead atoms. The molecular weight excluding hydrogens is 478 g/mol. The Bertz CT molecular complexity index is 1470. The maximum atomic E-state index is 9.50. The summed E-state index contributed by atoms with van der Waals surface area (Å²) < 4.78 is 11.2. The molecule has 1 aromatic carbocycles. The topological polar surface area (TPSA) is 136 Å². The molecule has 9 heteroatoms. The molecule has 3 N–H and O–H groups in total. The summed E-state index contributed by atoms with van der Waals surface area (Å²) >= 11 is 0. The smallest absolute Gasteiger partial charge is 0.192 e. The highest BCUT2D eigenvalue weighted by atomic mass is 16.5. The van der Waals surface area contributed by atoms with Gasteiger partial charge < -0.3 is 20.3 Å². The van der Waals surface area contributed by atoms with Crippen molar-refractivity contribution >= 4 is 5.82 Å². The van der Waals surface area contributed by atoms with Gasteiger partial charge in [0.1, 0.15) is 5.69 Å². The first-order valence-electron chi connectivity index (χ1n) is 12.7. The average molecular weight is 510 g/mol. The van der Waals surface area contributed by atoms with E-state index < -0.39 is 5.41 Å². The van der Waals surface area contributed by atoms with Gasteiger partial charge in [-0.1, -0.05) is 29.4 Å². The first-order valence-corrected chi connectivity index (χ1v) is 12.7. The molecule has 0 amide bonds. The molecule has 0 atom stereocenters. The number of nitriles is 1. The summed E-state index contributed by atoms with van der Waals surface area (Å²) in [5.74, 6) is 0.726. The van der Waals surface area contributed by atoms with E-state index in [1.807, 2.05) is 32.9 Å². The van der Waals surface area contributed by atoms with Crippen molar-refractivity contribution in [3.63, 3.8) is 0 Å². The van der Waals surface area contributed by atoms with Crippen LogP contribution in [0.25, 0.3) is 34.0 Å². The predicted molar refractivity (Wildman–Crippen MR) is 145 cm³/mol.